The zero-order valence-corrected chi connectivity index (χ0v) is 11.6. The standard InChI is InChI=1S/C8H17Cl2NO4S/c1-8(2,11(9)10)3-4-16(14,15)6-7(13)5-12/h7,12-13H,3-6H2,1-2H3. The lowest BCUT2D eigenvalue weighted by Gasteiger charge is -2.27. The third kappa shape index (κ3) is 6.22. The normalized spacial score (nSPS) is 15.4. The topological polar surface area (TPSA) is 77.8 Å². The summed E-state index contributed by atoms with van der Waals surface area (Å²) in [6.45, 7) is 2.83. The Morgan fingerprint density at radius 2 is 1.88 bits per heavy atom. The van der Waals surface area contributed by atoms with Gasteiger partial charge in [-0.15, -0.1) is 3.94 Å². The summed E-state index contributed by atoms with van der Waals surface area (Å²) in [6, 6.07) is 0. The molecule has 1 atom stereocenters. The predicted molar refractivity (Wildman–Crippen MR) is 64.0 cm³/mol. The van der Waals surface area contributed by atoms with Gasteiger partial charge in [0.1, 0.15) is 0 Å². The first-order chi connectivity index (χ1) is 7.10. The molecule has 0 aliphatic heterocycles. The van der Waals surface area contributed by atoms with Crippen LogP contribution in [0.2, 0.25) is 0 Å². The fourth-order valence-electron chi connectivity index (χ4n) is 0.919. The zero-order chi connectivity index (χ0) is 13.0. The molecule has 0 radical (unpaired) electrons. The number of sulfone groups is 1. The Bertz CT molecular complexity index is 305. The molecule has 0 rings (SSSR count). The van der Waals surface area contributed by atoms with Crippen LogP contribution in [0.1, 0.15) is 20.3 Å². The van der Waals surface area contributed by atoms with E-state index in [0.717, 1.165) is 3.94 Å². The molecule has 0 saturated carbocycles. The van der Waals surface area contributed by atoms with Crippen molar-refractivity contribution in [3.63, 3.8) is 0 Å². The minimum absolute atomic E-state index is 0.146. The van der Waals surface area contributed by atoms with Crippen molar-refractivity contribution < 1.29 is 18.6 Å². The second-order valence-corrected chi connectivity index (χ2v) is 7.32. The zero-order valence-electron chi connectivity index (χ0n) is 9.23. The highest BCUT2D eigenvalue weighted by Gasteiger charge is 2.27. The van der Waals surface area contributed by atoms with Crippen LogP contribution in [0.3, 0.4) is 0 Å². The lowest BCUT2D eigenvalue weighted by atomic mass is 10.0. The molecule has 0 spiro atoms. The van der Waals surface area contributed by atoms with Crippen LogP contribution < -0.4 is 0 Å². The number of halogens is 2. The van der Waals surface area contributed by atoms with Crippen molar-refractivity contribution in [1.82, 2.24) is 3.94 Å². The first kappa shape index (κ1) is 16.4. The van der Waals surface area contributed by atoms with Gasteiger partial charge in [-0.25, -0.2) is 8.42 Å². The summed E-state index contributed by atoms with van der Waals surface area (Å²) in [5, 5.41) is 17.6. The van der Waals surface area contributed by atoms with E-state index in [4.69, 9.17) is 33.8 Å². The molecule has 0 aliphatic rings. The lowest BCUT2D eigenvalue weighted by molar-refractivity contribution is 0.112. The van der Waals surface area contributed by atoms with Gasteiger partial charge in [0.15, 0.2) is 9.84 Å². The molecule has 0 fully saturated rings. The molecule has 1 unspecified atom stereocenters. The van der Waals surface area contributed by atoms with E-state index < -0.39 is 33.8 Å². The average molecular weight is 294 g/mol. The fraction of sp³-hybridized carbons (Fsp3) is 1.00. The van der Waals surface area contributed by atoms with Crippen molar-refractivity contribution in [2.45, 2.75) is 31.9 Å². The maximum absolute atomic E-state index is 11.5. The second kappa shape index (κ2) is 6.37. The van der Waals surface area contributed by atoms with Gasteiger partial charge in [-0.1, -0.05) is 0 Å². The largest absolute Gasteiger partial charge is 0.394 e. The van der Waals surface area contributed by atoms with Gasteiger partial charge in [-0.05, 0) is 43.8 Å². The molecule has 5 nitrogen and oxygen atoms in total. The molecule has 0 saturated heterocycles. The first-order valence-corrected chi connectivity index (χ1v) is 7.21. The van der Waals surface area contributed by atoms with E-state index >= 15 is 0 Å². The fourth-order valence-corrected chi connectivity index (χ4v) is 2.76. The molecule has 16 heavy (non-hydrogen) atoms. The number of hydrogen-bond acceptors (Lipinski definition) is 5. The third-order valence-electron chi connectivity index (χ3n) is 2.14. The Labute approximate surface area is 106 Å². The summed E-state index contributed by atoms with van der Waals surface area (Å²) in [6.07, 6.45) is -1.00. The highest BCUT2D eigenvalue weighted by molar-refractivity contribution is 7.91. The Morgan fingerprint density at radius 1 is 1.38 bits per heavy atom. The van der Waals surface area contributed by atoms with Crippen LogP contribution in [0.5, 0.6) is 0 Å². The molecule has 0 bridgehead atoms. The van der Waals surface area contributed by atoms with E-state index in [0.29, 0.717) is 0 Å². The number of aliphatic hydroxyl groups excluding tert-OH is 2. The Kier molecular flexibility index (Phi) is 6.53. The highest BCUT2D eigenvalue weighted by atomic mass is 35.5. The molecular formula is C8H17Cl2NO4S. The van der Waals surface area contributed by atoms with Gasteiger partial charge in [-0.3, -0.25) is 0 Å². The summed E-state index contributed by atoms with van der Waals surface area (Å²) in [7, 11) is -3.41. The quantitative estimate of drug-likeness (QED) is 0.670. The maximum atomic E-state index is 11.5. The van der Waals surface area contributed by atoms with Gasteiger partial charge in [0.05, 0.1) is 24.2 Å². The molecule has 0 aliphatic carbocycles. The molecular weight excluding hydrogens is 277 g/mol. The predicted octanol–water partition coefficient (Wildman–Crippen LogP) is 0.533. The van der Waals surface area contributed by atoms with E-state index in [9.17, 15) is 8.42 Å². The number of aliphatic hydroxyl groups is 2. The molecule has 0 aromatic rings. The van der Waals surface area contributed by atoms with Crippen LogP contribution in [0, 0.1) is 0 Å². The second-order valence-electron chi connectivity index (χ2n) is 4.25. The van der Waals surface area contributed by atoms with Crippen molar-refractivity contribution >= 4 is 33.4 Å². The van der Waals surface area contributed by atoms with Crippen LogP contribution in [0.15, 0.2) is 0 Å². The van der Waals surface area contributed by atoms with Crippen molar-refractivity contribution in [3.05, 3.63) is 0 Å². The number of rotatable bonds is 7. The Balaban J connectivity index is 4.30. The van der Waals surface area contributed by atoms with Gasteiger partial charge >= 0.3 is 0 Å². The summed E-state index contributed by atoms with van der Waals surface area (Å²) >= 11 is 11.1. The number of hydrogen-bond donors (Lipinski definition) is 2. The van der Waals surface area contributed by atoms with E-state index in [1.165, 1.54) is 0 Å². The van der Waals surface area contributed by atoms with Gasteiger partial charge in [-0.2, -0.15) is 0 Å². The van der Waals surface area contributed by atoms with Crippen LogP contribution >= 0.6 is 23.6 Å². The van der Waals surface area contributed by atoms with Crippen LogP contribution in [-0.2, 0) is 9.84 Å². The summed E-state index contributed by atoms with van der Waals surface area (Å²) in [4.78, 5) is 0. The highest BCUT2D eigenvalue weighted by Crippen LogP contribution is 2.24. The van der Waals surface area contributed by atoms with E-state index in [1.807, 2.05) is 0 Å². The maximum Gasteiger partial charge on any atom is 0.153 e. The molecule has 0 aromatic heterocycles. The Morgan fingerprint density at radius 3 is 2.25 bits per heavy atom. The summed E-state index contributed by atoms with van der Waals surface area (Å²) in [5.74, 6) is -0.600. The van der Waals surface area contributed by atoms with Gasteiger partial charge in [0, 0.05) is 5.54 Å². The molecule has 0 heterocycles. The van der Waals surface area contributed by atoms with Gasteiger partial charge in [0.2, 0.25) is 0 Å². The molecule has 0 amide bonds. The molecule has 8 heteroatoms. The lowest BCUT2D eigenvalue weighted by Crippen LogP contribution is -2.35. The summed E-state index contributed by atoms with van der Waals surface area (Å²) < 4.78 is 23.9. The van der Waals surface area contributed by atoms with Crippen LogP contribution in [0.25, 0.3) is 0 Å². The molecule has 0 aromatic carbocycles. The Hall–Kier alpha value is 0.410. The van der Waals surface area contributed by atoms with E-state index in [-0.39, 0.29) is 12.2 Å². The van der Waals surface area contributed by atoms with Crippen molar-refractivity contribution in [2.24, 2.45) is 0 Å². The van der Waals surface area contributed by atoms with Crippen molar-refractivity contribution in [3.8, 4) is 0 Å². The van der Waals surface area contributed by atoms with Crippen LogP contribution in [0.4, 0.5) is 0 Å². The third-order valence-corrected chi connectivity index (χ3v) is 4.77. The minimum Gasteiger partial charge on any atom is -0.394 e. The monoisotopic (exact) mass is 293 g/mol. The SMILES string of the molecule is CC(C)(CCS(=O)(=O)CC(O)CO)N(Cl)Cl. The van der Waals surface area contributed by atoms with Gasteiger partial charge in [0.25, 0.3) is 0 Å². The van der Waals surface area contributed by atoms with Gasteiger partial charge < -0.3 is 10.2 Å². The average Bonchev–Trinajstić information content (AvgIpc) is 2.14. The molecule has 2 N–H and O–H groups in total. The minimum atomic E-state index is -3.41. The van der Waals surface area contributed by atoms with Crippen molar-refractivity contribution in [2.75, 3.05) is 18.1 Å². The summed E-state index contributed by atoms with van der Waals surface area (Å²) in [5.41, 5.74) is -0.666. The smallest absolute Gasteiger partial charge is 0.153 e. The van der Waals surface area contributed by atoms with Crippen LogP contribution in [-0.4, -0.2) is 52.3 Å². The first-order valence-electron chi connectivity index (χ1n) is 4.72. The molecule has 98 valence electrons. The van der Waals surface area contributed by atoms with E-state index in [2.05, 4.69) is 0 Å². The van der Waals surface area contributed by atoms with Crippen molar-refractivity contribution in [1.29, 1.82) is 0 Å². The number of nitrogens with zero attached hydrogens (tertiary/aromatic N) is 1. The van der Waals surface area contributed by atoms with E-state index in [1.54, 1.807) is 13.8 Å².